The van der Waals surface area contributed by atoms with Crippen LogP contribution in [0.1, 0.15) is 5.56 Å². The first-order valence-corrected chi connectivity index (χ1v) is 5.57. The number of phenols is 1. The Morgan fingerprint density at radius 3 is 2.82 bits per heavy atom. The van der Waals surface area contributed by atoms with Crippen molar-refractivity contribution in [3.8, 4) is 5.75 Å². The Morgan fingerprint density at radius 1 is 1.53 bits per heavy atom. The van der Waals surface area contributed by atoms with E-state index in [1.54, 1.807) is 19.2 Å². The Hall–Kier alpha value is -1.59. The Bertz CT molecular complexity index is 542. The lowest BCUT2D eigenvalue weighted by Crippen LogP contribution is -2.25. The molecule has 1 aliphatic rings. The first-order valence-electron chi connectivity index (χ1n) is 4.78. The fourth-order valence-corrected chi connectivity index (χ4v) is 1.79. The van der Waals surface area contributed by atoms with Crippen molar-refractivity contribution in [3.05, 3.63) is 34.5 Å². The van der Waals surface area contributed by atoms with Gasteiger partial charge in [-0.2, -0.15) is 0 Å². The molecule has 2 N–H and O–H groups in total. The third-order valence-electron chi connectivity index (χ3n) is 2.37. The Balaban J connectivity index is 2.40. The summed E-state index contributed by atoms with van der Waals surface area (Å²) in [5.74, 6) is -0.189. The number of hydrogen-bond donors (Lipinski definition) is 2. The van der Waals surface area contributed by atoms with Crippen LogP contribution in [-0.4, -0.2) is 28.1 Å². The molecule has 1 fully saturated rings. The molecule has 0 aliphatic carbocycles. The highest BCUT2D eigenvalue weighted by molar-refractivity contribution is 7.80. The molecule has 6 heteroatoms. The largest absolute Gasteiger partial charge is 0.507 e. The number of hydrogen-bond acceptors (Lipinski definition) is 3. The number of nitrogens with one attached hydrogen (secondary N) is 1. The number of benzene rings is 1. The van der Waals surface area contributed by atoms with E-state index in [0.717, 1.165) is 0 Å². The van der Waals surface area contributed by atoms with Crippen LogP contribution in [0.15, 0.2) is 23.9 Å². The summed E-state index contributed by atoms with van der Waals surface area (Å²) in [6.07, 6.45) is 1.51. The van der Waals surface area contributed by atoms with E-state index < -0.39 is 0 Å². The summed E-state index contributed by atoms with van der Waals surface area (Å²) in [4.78, 5) is 13.0. The maximum atomic E-state index is 11.7. The Labute approximate surface area is 108 Å². The maximum Gasteiger partial charge on any atom is 0.276 e. The van der Waals surface area contributed by atoms with Gasteiger partial charge >= 0.3 is 0 Å². The van der Waals surface area contributed by atoms with Gasteiger partial charge < -0.3 is 10.4 Å². The highest BCUT2D eigenvalue weighted by Crippen LogP contribution is 2.24. The van der Waals surface area contributed by atoms with Gasteiger partial charge in [-0.25, -0.2) is 0 Å². The van der Waals surface area contributed by atoms with Gasteiger partial charge in [0.05, 0.1) is 0 Å². The SMILES string of the molecule is CN1C(=O)/C(=C/c2cc(Cl)ccc2O)NC1=S. The molecule has 0 radical (unpaired) electrons. The number of halogens is 1. The van der Waals surface area contributed by atoms with Gasteiger partial charge in [0, 0.05) is 17.6 Å². The topological polar surface area (TPSA) is 52.6 Å². The minimum absolute atomic E-state index is 0.0528. The molecule has 0 bridgehead atoms. The molecular weight excluding hydrogens is 260 g/mol. The van der Waals surface area contributed by atoms with Crippen LogP contribution in [0.5, 0.6) is 5.75 Å². The van der Waals surface area contributed by atoms with Crippen molar-refractivity contribution < 1.29 is 9.90 Å². The normalized spacial score (nSPS) is 17.8. The molecule has 1 aromatic rings. The molecule has 0 atom stereocenters. The minimum atomic E-state index is -0.241. The number of carbonyl (C=O) groups is 1. The lowest BCUT2D eigenvalue weighted by Gasteiger charge is -2.03. The fourth-order valence-electron chi connectivity index (χ4n) is 1.42. The molecule has 1 aromatic carbocycles. The second-order valence-electron chi connectivity index (χ2n) is 3.56. The van der Waals surface area contributed by atoms with Crippen LogP contribution in [0.3, 0.4) is 0 Å². The molecule has 4 nitrogen and oxygen atoms in total. The van der Waals surface area contributed by atoms with Gasteiger partial charge in [-0.1, -0.05) is 11.6 Å². The highest BCUT2D eigenvalue weighted by Gasteiger charge is 2.27. The van der Waals surface area contributed by atoms with Crippen LogP contribution in [0.4, 0.5) is 0 Å². The number of carbonyl (C=O) groups excluding carboxylic acids is 1. The van der Waals surface area contributed by atoms with E-state index in [-0.39, 0.29) is 11.7 Å². The van der Waals surface area contributed by atoms with Gasteiger partial charge in [-0.15, -0.1) is 0 Å². The first-order chi connectivity index (χ1) is 7.99. The predicted molar refractivity (Wildman–Crippen MR) is 69.6 cm³/mol. The number of aromatic hydroxyl groups is 1. The quantitative estimate of drug-likeness (QED) is 0.602. The number of amides is 1. The Kier molecular flexibility index (Phi) is 3.04. The van der Waals surface area contributed by atoms with Crippen LogP contribution in [0.2, 0.25) is 5.02 Å². The molecule has 1 heterocycles. The average molecular weight is 269 g/mol. The number of nitrogens with zero attached hydrogens (tertiary/aromatic N) is 1. The summed E-state index contributed by atoms with van der Waals surface area (Å²) in [5.41, 5.74) is 0.779. The summed E-state index contributed by atoms with van der Waals surface area (Å²) < 4.78 is 0. The third kappa shape index (κ3) is 2.25. The van der Waals surface area contributed by atoms with Crippen molar-refractivity contribution in [1.29, 1.82) is 0 Å². The maximum absolute atomic E-state index is 11.7. The standard InChI is InChI=1S/C11H9ClN2O2S/c1-14-10(16)8(13-11(14)17)5-6-4-7(12)2-3-9(6)15/h2-5,15H,1H3,(H,13,17)/b8-5-. The van der Waals surface area contributed by atoms with Crippen molar-refractivity contribution >= 4 is 40.9 Å². The second-order valence-corrected chi connectivity index (χ2v) is 4.38. The van der Waals surface area contributed by atoms with E-state index in [2.05, 4.69) is 5.32 Å². The molecule has 88 valence electrons. The van der Waals surface area contributed by atoms with E-state index >= 15 is 0 Å². The van der Waals surface area contributed by atoms with Gasteiger partial charge in [-0.05, 0) is 36.5 Å². The number of rotatable bonds is 1. The van der Waals surface area contributed by atoms with Crippen LogP contribution in [0, 0.1) is 0 Å². The van der Waals surface area contributed by atoms with Crippen LogP contribution in [-0.2, 0) is 4.79 Å². The zero-order valence-electron chi connectivity index (χ0n) is 8.90. The van der Waals surface area contributed by atoms with Crippen molar-refractivity contribution in [3.63, 3.8) is 0 Å². The van der Waals surface area contributed by atoms with Crippen molar-refractivity contribution in [2.45, 2.75) is 0 Å². The number of phenolic OH excluding ortho intramolecular Hbond substituents is 1. The zero-order chi connectivity index (χ0) is 12.6. The first kappa shape index (κ1) is 11.9. The second kappa shape index (κ2) is 4.35. The van der Waals surface area contributed by atoms with Crippen molar-refractivity contribution in [2.75, 3.05) is 7.05 Å². The smallest absolute Gasteiger partial charge is 0.276 e. The van der Waals surface area contributed by atoms with Gasteiger partial charge in [0.15, 0.2) is 5.11 Å². The molecule has 0 aromatic heterocycles. The molecule has 1 aliphatic heterocycles. The zero-order valence-corrected chi connectivity index (χ0v) is 10.5. The lowest BCUT2D eigenvalue weighted by molar-refractivity contribution is -0.121. The molecule has 0 saturated carbocycles. The van der Waals surface area contributed by atoms with Crippen LogP contribution < -0.4 is 5.32 Å². The van der Waals surface area contributed by atoms with Gasteiger partial charge in [0.25, 0.3) is 5.91 Å². The van der Waals surface area contributed by atoms with Crippen LogP contribution >= 0.6 is 23.8 Å². The summed E-state index contributed by atoms with van der Waals surface area (Å²) in [5, 5.41) is 13.2. The summed E-state index contributed by atoms with van der Waals surface area (Å²) in [6.45, 7) is 0. The summed E-state index contributed by atoms with van der Waals surface area (Å²) >= 11 is 10.7. The molecule has 0 spiro atoms. The molecular formula is C11H9ClN2O2S. The lowest BCUT2D eigenvalue weighted by atomic mass is 10.1. The van der Waals surface area contributed by atoms with Crippen LogP contribution in [0.25, 0.3) is 6.08 Å². The minimum Gasteiger partial charge on any atom is -0.507 e. The monoisotopic (exact) mass is 268 g/mol. The molecule has 0 unspecified atom stereocenters. The van der Waals surface area contributed by atoms with E-state index in [1.165, 1.54) is 17.0 Å². The van der Waals surface area contributed by atoms with Crippen molar-refractivity contribution in [1.82, 2.24) is 10.2 Å². The molecule has 1 saturated heterocycles. The Morgan fingerprint density at radius 2 is 2.24 bits per heavy atom. The molecule has 17 heavy (non-hydrogen) atoms. The fraction of sp³-hybridized carbons (Fsp3) is 0.0909. The van der Waals surface area contributed by atoms with Gasteiger partial charge in [0.2, 0.25) is 0 Å². The van der Waals surface area contributed by atoms with Gasteiger partial charge in [0.1, 0.15) is 11.4 Å². The van der Waals surface area contributed by atoms with E-state index in [9.17, 15) is 9.90 Å². The van der Waals surface area contributed by atoms with Gasteiger partial charge in [-0.3, -0.25) is 9.69 Å². The summed E-state index contributed by atoms with van der Waals surface area (Å²) in [6, 6.07) is 4.61. The van der Waals surface area contributed by atoms with E-state index in [1.807, 2.05) is 0 Å². The average Bonchev–Trinajstić information content (AvgIpc) is 2.52. The van der Waals surface area contributed by atoms with E-state index in [0.29, 0.717) is 21.4 Å². The molecule has 1 amide bonds. The predicted octanol–water partition coefficient (Wildman–Crippen LogP) is 1.73. The number of likely N-dealkylation sites (N-methyl/N-ethyl adjacent to an activating group) is 1. The number of thiocarbonyl (C=S) groups is 1. The summed E-state index contributed by atoms with van der Waals surface area (Å²) in [7, 11) is 1.58. The van der Waals surface area contributed by atoms with E-state index in [4.69, 9.17) is 23.8 Å². The van der Waals surface area contributed by atoms with Crippen molar-refractivity contribution in [2.24, 2.45) is 0 Å². The third-order valence-corrected chi connectivity index (χ3v) is 2.98. The molecule has 2 rings (SSSR count). The highest BCUT2D eigenvalue weighted by atomic mass is 35.5.